The summed E-state index contributed by atoms with van der Waals surface area (Å²) in [6, 6.07) is 12.3. The quantitative estimate of drug-likeness (QED) is 0.358. The molecule has 0 saturated carbocycles. The van der Waals surface area contributed by atoms with Crippen LogP contribution in [0.5, 0.6) is 0 Å². The Kier molecular flexibility index (Phi) is 8.54. The van der Waals surface area contributed by atoms with Crippen LogP contribution in [0.3, 0.4) is 0 Å². The number of urea groups is 1. The van der Waals surface area contributed by atoms with Crippen molar-refractivity contribution >= 4 is 28.1 Å². The van der Waals surface area contributed by atoms with Gasteiger partial charge in [0.2, 0.25) is 0 Å². The van der Waals surface area contributed by atoms with Gasteiger partial charge in [-0.05, 0) is 62.6 Å². The molecule has 1 aliphatic rings. The van der Waals surface area contributed by atoms with Crippen LogP contribution in [0.15, 0.2) is 71.5 Å². The maximum atomic E-state index is 14.9. The smallest absolute Gasteiger partial charge is 0.410 e. The lowest BCUT2D eigenvalue weighted by Crippen LogP contribution is -2.46. The fraction of sp³-hybridized carbons (Fsp3) is 0.345. The molecule has 2 heterocycles. The van der Waals surface area contributed by atoms with Crippen molar-refractivity contribution in [3.8, 4) is 0 Å². The van der Waals surface area contributed by atoms with E-state index in [0.29, 0.717) is 12.0 Å². The summed E-state index contributed by atoms with van der Waals surface area (Å²) in [5.74, 6) is -1.48. The number of nitrogens with one attached hydrogen (secondary N) is 1. The van der Waals surface area contributed by atoms with Crippen molar-refractivity contribution in [1.29, 1.82) is 0 Å². The van der Waals surface area contributed by atoms with Gasteiger partial charge in [0.05, 0.1) is 18.1 Å². The van der Waals surface area contributed by atoms with E-state index in [1.54, 1.807) is 57.2 Å². The lowest BCUT2D eigenvalue weighted by molar-refractivity contribution is 0.0221. The number of nitrogens with zero attached hydrogens (tertiary/aromatic N) is 3. The average Bonchev–Trinajstić information content (AvgIpc) is 3.29. The van der Waals surface area contributed by atoms with Crippen molar-refractivity contribution in [3.63, 3.8) is 0 Å². The van der Waals surface area contributed by atoms with E-state index in [1.165, 1.54) is 11.0 Å². The van der Waals surface area contributed by atoms with Gasteiger partial charge < -0.3 is 15.0 Å². The molecule has 4 rings (SSSR count). The maximum absolute atomic E-state index is 14.9. The molecule has 1 aromatic heterocycles. The third-order valence-corrected chi connectivity index (χ3v) is 7.01. The molecule has 1 aliphatic heterocycles. The highest BCUT2D eigenvalue weighted by molar-refractivity contribution is 9.10. The molecule has 1 saturated heterocycles. The SMILES string of the molecule is CN(C(=O)NC1CC(c2ccc(Br)cc2)N(C(=O)OC(C)(C)C)C1)C(c1cccnc1)c1ccc(F)cc1F. The van der Waals surface area contributed by atoms with Crippen LogP contribution >= 0.6 is 15.9 Å². The number of carbonyl (C=O) groups is 2. The van der Waals surface area contributed by atoms with E-state index in [-0.39, 0.29) is 18.2 Å². The number of hydrogen-bond acceptors (Lipinski definition) is 4. The molecule has 1 N–H and O–H groups in total. The summed E-state index contributed by atoms with van der Waals surface area (Å²) < 4.78 is 35.1. The number of halogens is 3. The monoisotopic (exact) mass is 600 g/mol. The van der Waals surface area contributed by atoms with Gasteiger partial charge >= 0.3 is 12.1 Å². The van der Waals surface area contributed by atoms with Gasteiger partial charge in [0.15, 0.2) is 0 Å². The topological polar surface area (TPSA) is 74.8 Å². The first-order chi connectivity index (χ1) is 18.4. The summed E-state index contributed by atoms with van der Waals surface area (Å²) >= 11 is 3.44. The number of carbonyl (C=O) groups excluding carboxylic acids is 2. The van der Waals surface area contributed by atoms with E-state index < -0.39 is 41.4 Å². The van der Waals surface area contributed by atoms with Crippen LogP contribution in [0.25, 0.3) is 0 Å². The van der Waals surface area contributed by atoms with Crippen LogP contribution in [0.2, 0.25) is 0 Å². The van der Waals surface area contributed by atoms with Gasteiger partial charge in [-0.25, -0.2) is 18.4 Å². The zero-order chi connectivity index (χ0) is 28.3. The van der Waals surface area contributed by atoms with Crippen LogP contribution in [0.1, 0.15) is 56.0 Å². The molecule has 3 amide bonds. The molecule has 3 unspecified atom stereocenters. The Morgan fingerprint density at radius 3 is 2.49 bits per heavy atom. The molecular weight excluding hydrogens is 570 g/mol. The molecule has 0 spiro atoms. The second kappa shape index (κ2) is 11.7. The van der Waals surface area contributed by atoms with E-state index in [1.807, 2.05) is 24.3 Å². The van der Waals surface area contributed by atoms with Crippen molar-refractivity contribution in [2.45, 2.75) is 50.9 Å². The number of pyridine rings is 1. The highest BCUT2D eigenvalue weighted by atomic mass is 79.9. The predicted octanol–water partition coefficient (Wildman–Crippen LogP) is 6.60. The van der Waals surface area contributed by atoms with E-state index in [4.69, 9.17) is 4.74 Å². The molecule has 3 atom stereocenters. The number of ether oxygens (including phenoxy) is 1. The fourth-order valence-electron chi connectivity index (χ4n) is 4.73. The molecule has 2 aromatic carbocycles. The van der Waals surface area contributed by atoms with Crippen LogP contribution < -0.4 is 5.32 Å². The van der Waals surface area contributed by atoms with E-state index in [0.717, 1.165) is 22.2 Å². The number of amides is 3. The number of likely N-dealkylation sites (tertiary alicyclic amines) is 1. The second-order valence-corrected chi connectivity index (χ2v) is 11.5. The van der Waals surface area contributed by atoms with E-state index >= 15 is 0 Å². The number of rotatable bonds is 5. The Labute approximate surface area is 235 Å². The van der Waals surface area contributed by atoms with Crippen LogP contribution in [0, 0.1) is 11.6 Å². The zero-order valence-corrected chi connectivity index (χ0v) is 23.8. The van der Waals surface area contributed by atoms with Gasteiger partial charge in [-0.2, -0.15) is 0 Å². The summed E-state index contributed by atoms with van der Waals surface area (Å²) in [5, 5.41) is 3.00. The number of hydrogen-bond donors (Lipinski definition) is 1. The Hall–Kier alpha value is -3.53. The summed E-state index contributed by atoms with van der Waals surface area (Å²) in [6.07, 6.45) is 3.11. The Morgan fingerprint density at radius 1 is 1.15 bits per heavy atom. The third-order valence-electron chi connectivity index (χ3n) is 6.48. The average molecular weight is 601 g/mol. The molecule has 0 aliphatic carbocycles. The van der Waals surface area contributed by atoms with Gasteiger partial charge in [0.1, 0.15) is 17.2 Å². The highest BCUT2D eigenvalue weighted by Crippen LogP contribution is 2.35. The lowest BCUT2D eigenvalue weighted by atomic mass is 9.98. The summed E-state index contributed by atoms with van der Waals surface area (Å²) in [6.45, 7) is 5.64. The first-order valence-corrected chi connectivity index (χ1v) is 13.4. The largest absolute Gasteiger partial charge is 0.444 e. The fourth-order valence-corrected chi connectivity index (χ4v) is 4.99. The van der Waals surface area contributed by atoms with Crippen molar-refractivity contribution < 1.29 is 23.1 Å². The van der Waals surface area contributed by atoms with Gasteiger partial charge in [-0.1, -0.05) is 40.2 Å². The molecule has 1 fully saturated rings. The first-order valence-electron chi connectivity index (χ1n) is 12.6. The van der Waals surface area contributed by atoms with Crippen molar-refractivity contribution in [3.05, 3.63) is 99.8 Å². The first kappa shape index (κ1) is 28.5. The standard InChI is InChI=1S/C29H31BrF2N4O3/c1-29(2,3)39-28(38)36-17-22(15-25(36)18-7-9-20(30)10-8-18)34-27(37)35(4)26(19-6-5-13-33-16-19)23-12-11-21(31)14-24(23)32/h5-14,16,22,25-26H,15,17H2,1-4H3,(H,34,37). The molecule has 0 bridgehead atoms. The Balaban J connectivity index is 1.58. The van der Waals surface area contributed by atoms with Crippen LogP contribution in [-0.4, -0.2) is 52.1 Å². The molecule has 0 radical (unpaired) electrons. The summed E-state index contributed by atoms with van der Waals surface area (Å²) in [5.41, 5.74) is 0.932. The summed E-state index contributed by atoms with van der Waals surface area (Å²) in [4.78, 5) is 33.7. The molecular formula is C29H31BrF2N4O3. The minimum absolute atomic E-state index is 0.136. The molecule has 3 aromatic rings. The third kappa shape index (κ3) is 6.92. The molecule has 10 heteroatoms. The minimum atomic E-state index is -0.857. The second-order valence-electron chi connectivity index (χ2n) is 10.5. The molecule has 39 heavy (non-hydrogen) atoms. The number of benzene rings is 2. The normalized spacial score (nSPS) is 18.0. The Morgan fingerprint density at radius 2 is 1.87 bits per heavy atom. The van der Waals surface area contributed by atoms with Crippen molar-refractivity contribution in [2.24, 2.45) is 0 Å². The maximum Gasteiger partial charge on any atom is 0.410 e. The Bertz CT molecular complexity index is 1320. The molecule has 7 nitrogen and oxygen atoms in total. The van der Waals surface area contributed by atoms with Crippen LogP contribution in [0.4, 0.5) is 18.4 Å². The highest BCUT2D eigenvalue weighted by Gasteiger charge is 2.40. The predicted molar refractivity (Wildman–Crippen MR) is 147 cm³/mol. The number of aromatic nitrogens is 1. The lowest BCUT2D eigenvalue weighted by Gasteiger charge is -2.30. The van der Waals surface area contributed by atoms with E-state index in [9.17, 15) is 18.4 Å². The van der Waals surface area contributed by atoms with Crippen LogP contribution in [-0.2, 0) is 4.74 Å². The van der Waals surface area contributed by atoms with Gasteiger partial charge in [0.25, 0.3) is 0 Å². The van der Waals surface area contributed by atoms with Gasteiger partial charge in [-0.15, -0.1) is 0 Å². The molecule has 206 valence electrons. The van der Waals surface area contributed by atoms with Crippen molar-refractivity contribution in [2.75, 3.05) is 13.6 Å². The zero-order valence-electron chi connectivity index (χ0n) is 22.2. The minimum Gasteiger partial charge on any atom is -0.444 e. The van der Waals surface area contributed by atoms with Crippen molar-refractivity contribution in [1.82, 2.24) is 20.1 Å². The van der Waals surface area contributed by atoms with Gasteiger partial charge in [0, 0.05) is 42.1 Å². The van der Waals surface area contributed by atoms with E-state index in [2.05, 4.69) is 26.2 Å². The summed E-state index contributed by atoms with van der Waals surface area (Å²) in [7, 11) is 1.54. The van der Waals surface area contributed by atoms with Gasteiger partial charge in [-0.3, -0.25) is 9.88 Å².